The number of carbonyl (C=O) groups is 3. The summed E-state index contributed by atoms with van der Waals surface area (Å²) < 4.78 is 13.6. The number of nitrogens with zero attached hydrogens (tertiary/aromatic N) is 1. The molecule has 4 rings (SSSR count). The molecule has 0 aromatic heterocycles. The van der Waals surface area contributed by atoms with Crippen LogP contribution in [0.1, 0.15) is 57.2 Å². The molecule has 204 valence electrons. The summed E-state index contributed by atoms with van der Waals surface area (Å²) in [5.41, 5.74) is 9.60. The minimum Gasteiger partial charge on any atom is -0.369 e. The van der Waals surface area contributed by atoms with Crippen molar-refractivity contribution in [3.63, 3.8) is 0 Å². The molecule has 3 atom stereocenters. The molecular formula is C32H36FN3O3. The Morgan fingerprint density at radius 3 is 2.23 bits per heavy atom. The Hall–Kier alpha value is -4.00. The fourth-order valence-electron chi connectivity index (χ4n) is 5.48. The topological polar surface area (TPSA) is 92.5 Å². The highest BCUT2D eigenvalue weighted by molar-refractivity contribution is 6.06. The number of para-hydroxylation sites is 1. The van der Waals surface area contributed by atoms with E-state index in [-0.39, 0.29) is 30.1 Å². The van der Waals surface area contributed by atoms with Crippen LogP contribution < -0.4 is 16.0 Å². The fourth-order valence-corrected chi connectivity index (χ4v) is 5.48. The number of amides is 3. The molecule has 3 aromatic carbocycles. The third-order valence-corrected chi connectivity index (χ3v) is 7.32. The second-order valence-electron chi connectivity index (χ2n) is 10.6. The molecule has 3 amide bonds. The van der Waals surface area contributed by atoms with Crippen molar-refractivity contribution >= 4 is 23.4 Å². The third-order valence-electron chi connectivity index (χ3n) is 7.32. The molecule has 7 heteroatoms. The molecule has 39 heavy (non-hydrogen) atoms. The molecule has 3 unspecified atom stereocenters. The highest BCUT2D eigenvalue weighted by Gasteiger charge is 2.38. The Bertz CT molecular complexity index is 1340. The Morgan fingerprint density at radius 1 is 0.949 bits per heavy atom. The maximum absolute atomic E-state index is 14.3. The molecule has 0 saturated heterocycles. The van der Waals surface area contributed by atoms with Gasteiger partial charge in [-0.3, -0.25) is 14.4 Å². The summed E-state index contributed by atoms with van der Waals surface area (Å²) in [6.45, 7) is 6.15. The number of benzene rings is 3. The van der Waals surface area contributed by atoms with Crippen LogP contribution in [0.15, 0.2) is 72.8 Å². The van der Waals surface area contributed by atoms with Crippen molar-refractivity contribution in [1.82, 2.24) is 5.32 Å². The molecule has 0 bridgehead atoms. The first-order valence-electron chi connectivity index (χ1n) is 13.5. The molecule has 0 aliphatic carbocycles. The molecule has 3 aromatic rings. The second-order valence-corrected chi connectivity index (χ2v) is 10.6. The van der Waals surface area contributed by atoms with Gasteiger partial charge in [0.2, 0.25) is 11.8 Å². The summed E-state index contributed by atoms with van der Waals surface area (Å²) in [5, 5.41) is 3.03. The van der Waals surface area contributed by atoms with Crippen molar-refractivity contribution in [3.05, 3.63) is 89.7 Å². The van der Waals surface area contributed by atoms with Crippen molar-refractivity contribution < 1.29 is 18.8 Å². The van der Waals surface area contributed by atoms with Gasteiger partial charge in [-0.15, -0.1) is 0 Å². The lowest BCUT2D eigenvalue weighted by molar-refractivity contribution is -0.136. The van der Waals surface area contributed by atoms with Crippen molar-refractivity contribution in [2.45, 2.75) is 52.6 Å². The Morgan fingerprint density at radius 2 is 1.59 bits per heavy atom. The van der Waals surface area contributed by atoms with Gasteiger partial charge in [-0.2, -0.15) is 0 Å². The van der Waals surface area contributed by atoms with Crippen LogP contribution in [-0.4, -0.2) is 17.7 Å². The molecule has 1 aliphatic heterocycles. The lowest BCUT2D eigenvalue weighted by Gasteiger charge is -2.30. The number of primary amides is 1. The number of carbonyl (C=O) groups excluding carboxylic acids is 3. The van der Waals surface area contributed by atoms with Gasteiger partial charge < -0.3 is 16.0 Å². The van der Waals surface area contributed by atoms with Crippen molar-refractivity contribution in [1.29, 1.82) is 0 Å². The van der Waals surface area contributed by atoms with Crippen LogP contribution in [0.25, 0.3) is 11.1 Å². The van der Waals surface area contributed by atoms with E-state index in [0.717, 1.165) is 16.7 Å². The second kappa shape index (κ2) is 12.2. The molecule has 1 heterocycles. The summed E-state index contributed by atoms with van der Waals surface area (Å²) in [4.78, 5) is 42.2. The van der Waals surface area contributed by atoms with Crippen molar-refractivity contribution in [2.24, 2.45) is 23.5 Å². The number of nitrogens with one attached hydrogen (secondary N) is 1. The van der Waals surface area contributed by atoms with Gasteiger partial charge in [0.15, 0.2) is 0 Å². The standard InChI is InChI=1S/C32H36FN3O3/c1-4-9-26(30(34)37)27(18-20(2)3)31(38)35-29-25-12-6-5-10-23(25)24-11-7-8-13-28(24)36(32(29)39)19-21-14-16-22(33)17-15-21/h5-8,10-17,20,26-27,29H,4,9,18-19H2,1-3H3,(H2,34,37)(H,35,38). The highest BCUT2D eigenvalue weighted by atomic mass is 19.1. The molecule has 0 radical (unpaired) electrons. The summed E-state index contributed by atoms with van der Waals surface area (Å²) in [6, 6.07) is 20.2. The predicted molar refractivity (Wildman–Crippen MR) is 151 cm³/mol. The SMILES string of the molecule is CCCC(C(N)=O)C(CC(C)C)C(=O)NC1C(=O)N(Cc2ccc(F)cc2)c2ccccc2-c2ccccc21. The van der Waals surface area contributed by atoms with E-state index in [1.807, 2.05) is 69.3 Å². The van der Waals surface area contributed by atoms with Crippen LogP contribution in [0.3, 0.4) is 0 Å². The van der Waals surface area contributed by atoms with Gasteiger partial charge in [0, 0.05) is 17.4 Å². The number of anilines is 1. The smallest absolute Gasteiger partial charge is 0.254 e. The minimum absolute atomic E-state index is 0.149. The zero-order chi connectivity index (χ0) is 28.1. The largest absolute Gasteiger partial charge is 0.369 e. The quantitative estimate of drug-likeness (QED) is 0.350. The molecule has 0 spiro atoms. The van der Waals surface area contributed by atoms with Gasteiger partial charge in [0.25, 0.3) is 5.91 Å². The monoisotopic (exact) mass is 529 g/mol. The molecular weight excluding hydrogens is 493 g/mol. The maximum Gasteiger partial charge on any atom is 0.254 e. The number of fused-ring (bicyclic) bond motifs is 3. The van der Waals surface area contributed by atoms with Crippen molar-refractivity contribution in [2.75, 3.05) is 4.90 Å². The summed E-state index contributed by atoms with van der Waals surface area (Å²) >= 11 is 0. The zero-order valence-corrected chi connectivity index (χ0v) is 22.7. The summed E-state index contributed by atoms with van der Waals surface area (Å²) in [7, 11) is 0. The van der Waals surface area contributed by atoms with E-state index in [1.54, 1.807) is 17.0 Å². The van der Waals surface area contributed by atoms with Crippen LogP contribution in [0, 0.1) is 23.6 Å². The number of hydrogen-bond donors (Lipinski definition) is 2. The van der Waals surface area contributed by atoms with E-state index < -0.39 is 23.8 Å². The van der Waals surface area contributed by atoms with Crippen LogP contribution >= 0.6 is 0 Å². The van der Waals surface area contributed by atoms with Gasteiger partial charge in [0.05, 0.1) is 12.2 Å². The first-order valence-corrected chi connectivity index (χ1v) is 13.5. The van der Waals surface area contributed by atoms with E-state index >= 15 is 0 Å². The van der Waals surface area contributed by atoms with Crippen LogP contribution in [0.4, 0.5) is 10.1 Å². The van der Waals surface area contributed by atoms with Gasteiger partial charge in [-0.25, -0.2) is 4.39 Å². The Labute approximate surface area is 229 Å². The molecule has 0 saturated carbocycles. The molecule has 6 nitrogen and oxygen atoms in total. The van der Waals surface area contributed by atoms with Crippen LogP contribution in [-0.2, 0) is 20.9 Å². The Kier molecular flexibility index (Phi) is 8.79. The number of nitrogens with two attached hydrogens (primary N) is 1. The highest BCUT2D eigenvalue weighted by Crippen LogP contribution is 2.41. The number of rotatable bonds is 10. The van der Waals surface area contributed by atoms with Crippen LogP contribution in [0.5, 0.6) is 0 Å². The van der Waals surface area contributed by atoms with Gasteiger partial charge in [0.1, 0.15) is 11.9 Å². The first-order chi connectivity index (χ1) is 18.7. The van der Waals surface area contributed by atoms with E-state index in [2.05, 4.69) is 5.32 Å². The average molecular weight is 530 g/mol. The summed E-state index contributed by atoms with van der Waals surface area (Å²) in [5.74, 6) is -2.65. The minimum atomic E-state index is -0.980. The Balaban J connectivity index is 1.78. The van der Waals surface area contributed by atoms with E-state index in [1.165, 1.54) is 12.1 Å². The third kappa shape index (κ3) is 6.19. The van der Waals surface area contributed by atoms with Crippen LogP contribution in [0.2, 0.25) is 0 Å². The van der Waals surface area contributed by atoms with Gasteiger partial charge >= 0.3 is 0 Å². The zero-order valence-electron chi connectivity index (χ0n) is 22.7. The number of halogens is 1. The molecule has 0 fully saturated rings. The molecule has 1 aliphatic rings. The molecule has 3 N–H and O–H groups in total. The average Bonchev–Trinajstić information content (AvgIpc) is 3.01. The van der Waals surface area contributed by atoms with Crippen molar-refractivity contribution in [3.8, 4) is 11.1 Å². The summed E-state index contributed by atoms with van der Waals surface area (Å²) in [6.07, 6.45) is 1.68. The predicted octanol–water partition coefficient (Wildman–Crippen LogP) is 5.76. The van der Waals surface area contributed by atoms with Gasteiger partial charge in [-0.05, 0) is 53.6 Å². The maximum atomic E-state index is 14.3. The number of hydrogen-bond acceptors (Lipinski definition) is 3. The lowest BCUT2D eigenvalue weighted by atomic mass is 9.81. The van der Waals surface area contributed by atoms with Gasteiger partial charge in [-0.1, -0.05) is 81.8 Å². The lowest BCUT2D eigenvalue weighted by Crippen LogP contribution is -2.47. The van der Waals surface area contributed by atoms with E-state index in [0.29, 0.717) is 30.5 Å². The normalized spacial score (nSPS) is 16.2. The first kappa shape index (κ1) is 28.0. The fraction of sp³-hybridized carbons (Fsp3) is 0.344. The van der Waals surface area contributed by atoms with E-state index in [4.69, 9.17) is 5.73 Å². The van der Waals surface area contributed by atoms with E-state index in [9.17, 15) is 18.8 Å².